The normalized spacial score (nSPS) is 10.3. The Morgan fingerprint density at radius 2 is 1.78 bits per heavy atom. The monoisotopic (exact) mass is 315 g/mol. The molecule has 2 rings (SSSR count). The molecule has 2 amide bonds. The number of nitrogens with one attached hydrogen (secondary N) is 2. The van der Waals surface area contributed by atoms with Crippen LogP contribution in [0.5, 0.6) is 5.75 Å². The summed E-state index contributed by atoms with van der Waals surface area (Å²) in [5, 5.41) is 5.82. The number of carbonyl (C=O) groups is 2. The second-order valence-electron chi connectivity index (χ2n) is 4.41. The van der Waals surface area contributed by atoms with Crippen LogP contribution in [0.4, 0.5) is 10.1 Å². The number of rotatable bonds is 4. The predicted molar refractivity (Wildman–Crippen MR) is 83.8 cm³/mol. The van der Waals surface area contributed by atoms with Crippen LogP contribution in [0.25, 0.3) is 0 Å². The highest BCUT2D eigenvalue weighted by molar-refractivity contribution is 6.39. The van der Waals surface area contributed by atoms with E-state index < -0.39 is 17.6 Å². The Morgan fingerprint density at radius 1 is 1.09 bits per heavy atom. The van der Waals surface area contributed by atoms with E-state index in [2.05, 4.69) is 15.8 Å². The maximum atomic E-state index is 13.4. The number of halogens is 1. The smallest absolute Gasteiger partial charge is 0.329 e. The summed E-state index contributed by atoms with van der Waals surface area (Å²) < 4.78 is 18.4. The van der Waals surface area contributed by atoms with E-state index >= 15 is 0 Å². The highest BCUT2D eigenvalue weighted by Crippen LogP contribution is 2.12. The molecule has 2 aromatic carbocycles. The molecule has 0 radical (unpaired) electrons. The highest BCUT2D eigenvalue weighted by atomic mass is 19.1. The van der Waals surface area contributed by atoms with E-state index in [0.717, 1.165) is 0 Å². The third-order valence-corrected chi connectivity index (χ3v) is 2.82. The summed E-state index contributed by atoms with van der Waals surface area (Å²) >= 11 is 0. The van der Waals surface area contributed by atoms with Crippen LogP contribution in [0.2, 0.25) is 0 Å². The van der Waals surface area contributed by atoms with Crippen LogP contribution in [-0.4, -0.2) is 25.1 Å². The first kappa shape index (κ1) is 16.2. The van der Waals surface area contributed by atoms with Gasteiger partial charge in [-0.2, -0.15) is 5.10 Å². The zero-order chi connectivity index (χ0) is 16.7. The van der Waals surface area contributed by atoms with Crippen molar-refractivity contribution in [3.8, 4) is 5.75 Å². The number of para-hydroxylation sites is 1. The Balaban J connectivity index is 1.89. The topological polar surface area (TPSA) is 79.8 Å². The summed E-state index contributed by atoms with van der Waals surface area (Å²) in [6.07, 6.45) is 1.37. The van der Waals surface area contributed by atoms with Gasteiger partial charge >= 0.3 is 11.8 Å². The number of hydrogen-bond donors (Lipinski definition) is 2. The van der Waals surface area contributed by atoms with E-state index in [1.54, 1.807) is 37.4 Å². The molecule has 0 saturated heterocycles. The molecule has 7 heteroatoms. The van der Waals surface area contributed by atoms with Gasteiger partial charge in [0.15, 0.2) is 0 Å². The van der Waals surface area contributed by atoms with Crippen molar-refractivity contribution in [1.29, 1.82) is 0 Å². The number of amides is 2. The van der Waals surface area contributed by atoms with Crippen LogP contribution in [-0.2, 0) is 9.59 Å². The molecule has 0 unspecified atom stereocenters. The fourth-order valence-corrected chi connectivity index (χ4v) is 1.65. The van der Waals surface area contributed by atoms with Gasteiger partial charge in [-0.05, 0) is 42.0 Å². The number of hydrazone groups is 1. The fraction of sp³-hybridized carbons (Fsp3) is 0.0625. The average Bonchev–Trinajstić information content (AvgIpc) is 2.57. The molecule has 0 fully saturated rings. The Bertz CT molecular complexity index is 730. The van der Waals surface area contributed by atoms with Gasteiger partial charge in [-0.3, -0.25) is 9.59 Å². The fourth-order valence-electron chi connectivity index (χ4n) is 1.65. The molecule has 0 aliphatic heterocycles. The first-order valence-electron chi connectivity index (χ1n) is 6.63. The summed E-state index contributed by atoms with van der Waals surface area (Å²) in [5.41, 5.74) is 2.70. The minimum atomic E-state index is -1.01. The maximum Gasteiger partial charge on any atom is 0.329 e. The lowest BCUT2D eigenvalue weighted by molar-refractivity contribution is -0.136. The number of benzene rings is 2. The zero-order valence-electron chi connectivity index (χ0n) is 12.2. The van der Waals surface area contributed by atoms with Crippen molar-refractivity contribution in [2.24, 2.45) is 5.10 Å². The Kier molecular flexibility index (Phi) is 5.40. The van der Waals surface area contributed by atoms with Gasteiger partial charge in [0, 0.05) is 0 Å². The molecule has 2 aromatic rings. The Hall–Kier alpha value is -3.22. The first-order chi connectivity index (χ1) is 11.1. The van der Waals surface area contributed by atoms with Gasteiger partial charge in [0.25, 0.3) is 0 Å². The third-order valence-electron chi connectivity index (χ3n) is 2.82. The molecule has 0 bridgehead atoms. The number of anilines is 1. The first-order valence-corrected chi connectivity index (χ1v) is 6.63. The zero-order valence-corrected chi connectivity index (χ0v) is 12.2. The van der Waals surface area contributed by atoms with E-state index in [1.165, 1.54) is 24.4 Å². The SMILES string of the molecule is COc1ccc(/C=N\NC(=O)C(=O)Nc2ccccc2F)cc1. The number of ether oxygens (including phenoxy) is 1. The van der Waals surface area contributed by atoms with Crippen LogP contribution in [0.15, 0.2) is 53.6 Å². The van der Waals surface area contributed by atoms with Gasteiger partial charge in [-0.1, -0.05) is 12.1 Å². The lowest BCUT2D eigenvalue weighted by atomic mass is 10.2. The van der Waals surface area contributed by atoms with Gasteiger partial charge in [0.2, 0.25) is 0 Å². The van der Waals surface area contributed by atoms with Gasteiger partial charge in [-0.25, -0.2) is 9.82 Å². The van der Waals surface area contributed by atoms with E-state index in [4.69, 9.17) is 4.74 Å². The van der Waals surface area contributed by atoms with Crippen molar-refractivity contribution >= 4 is 23.7 Å². The standard InChI is InChI=1S/C16H14FN3O3/c1-23-12-8-6-11(7-9-12)10-18-20-16(22)15(21)19-14-5-3-2-4-13(14)17/h2-10H,1H3,(H,19,21)(H,20,22)/b18-10-. The number of carbonyl (C=O) groups excluding carboxylic acids is 2. The summed E-state index contributed by atoms with van der Waals surface area (Å²) in [5.74, 6) is -1.95. The van der Waals surface area contributed by atoms with Crippen molar-refractivity contribution in [1.82, 2.24) is 5.43 Å². The third kappa shape index (κ3) is 4.63. The van der Waals surface area contributed by atoms with Crippen LogP contribution in [0, 0.1) is 5.82 Å². The summed E-state index contributed by atoms with van der Waals surface area (Å²) in [6.45, 7) is 0. The van der Waals surface area contributed by atoms with Crippen molar-refractivity contribution in [3.05, 3.63) is 59.9 Å². The van der Waals surface area contributed by atoms with E-state index in [9.17, 15) is 14.0 Å². The van der Waals surface area contributed by atoms with Crippen LogP contribution < -0.4 is 15.5 Å². The molecule has 0 aliphatic carbocycles. The average molecular weight is 315 g/mol. The molecule has 2 N–H and O–H groups in total. The second-order valence-corrected chi connectivity index (χ2v) is 4.41. The molecule has 0 heterocycles. The number of methoxy groups -OCH3 is 1. The van der Waals surface area contributed by atoms with Crippen molar-refractivity contribution < 1.29 is 18.7 Å². The molecule has 23 heavy (non-hydrogen) atoms. The molecule has 0 aromatic heterocycles. The van der Waals surface area contributed by atoms with Gasteiger partial charge in [0.05, 0.1) is 19.0 Å². The van der Waals surface area contributed by atoms with Crippen molar-refractivity contribution in [2.75, 3.05) is 12.4 Å². The maximum absolute atomic E-state index is 13.4. The predicted octanol–water partition coefficient (Wildman–Crippen LogP) is 1.92. The molecule has 6 nitrogen and oxygen atoms in total. The van der Waals surface area contributed by atoms with Crippen molar-refractivity contribution in [2.45, 2.75) is 0 Å². The quantitative estimate of drug-likeness (QED) is 0.514. The van der Waals surface area contributed by atoms with E-state index in [-0.39, 0.29) is 5.69 Å². The Morgan fingerprint density at radius 3 is 2.43 bits per heavy atom. The summed E-state index contributed by atoms with van der Waals surface area (Å²) in [4.78, 5) is 23.2. The van der Waals surface area contributed by atoms with Gasteiger partial charge in [-0.15, -0.1) is 0 Å². The molecule has 118 valence electrons. The van der Waals surface area contributed by atoms with E-state index in [0.29, 0.717) is 11.3 Å². The van der Waals surface area contributed by atoms with E-state index in [1.807, 2.05) is 0 Å². The second kappa shape index (κ2) is 7.69. The minimum Gasteiger partial charge on any atom is -0.497 e. The minimum absolute atomic E-state index is 0.0771. The molecule has 0 atom stereocenters. The number of hydrogen-bond acceptors (Lipinski definition) is 4. The van der Waals surface area contributed by atoms with Gasteiger partial charge < -0.3 is 10.1 Å². The van der Waals surface area contributed by atoms with Gasteiger partial charge in [0.1, 0.15) is 11.6 Å². The molecule has 0 saturated carbocycles. The lowest BCUT2D eigenvalue weighted by Gasteiger charge is -2.04. The largest absolute Gasteiger partial charge is 0.497 e. The lowest BCUT2D eigenvalue weighted by Crippen LogP contribution is -2.32. The molecular formula is C16H14FN3O3. The summed E-state index contributed by atoms with van der Waals surface area (Å²) in [6, 6.07) is 12.5. The number of nitrogens with zero attached hydrogens (tertiary/aromatic N) is 1. The molecular weight excluding hydrogens is 301 g/mol. The van der Waals surface area contributed by atoms with Crippen LogP contribution in [0.1, 0.15) is 5.56 Å². The highest BCUT2D eigenvalue weighted by Gasteiger charge is 2.14. The van der Waals surface area contributed by atoms with Crippen LogP contribution >= 0.6 is 0 Å². The molecule has 0 aliphatic rings. The Labute approximate surface area is 132 Å². The van der Waals surface area contributed by atoms with Crippen LogP contribution in [0.3, 0.4) is 0 Å². The summed E-state index contributed by atoms with van der Waals surface area (Å²) in [7, 11) is 1.55. The van der Waals surface area contributed by atoms with Crippen molar-refractivity contribution in [3.63, 3.8) is 0 Å². The molecule has 0 spiro atoms.